The van der Waals surface area contributed by atoms with Crippen molar-refractivity contribution in [3.8, 4) is 5.75 Å². The van der Waals surface area contributed by atoms with Crippen molar-refractivity contribution in [2.24, 2.45) is 5.10 Å². The fourth-order valence-electron chi connectivity index (χ4n) is 2.84. The Balaban J connectivity index is 1.48. The van der Waals surface area contributed by atoms with Gasteiger partial charge in [-0.3, -0.25) is 9.91 Å². The molecule has 2 aromatic rings. The first-order chi connectivity index (χ1) is 12.2. The van der Waals surface area contributed by atoms with Gasteiger partial charge in [0.2, 0.25) is 0 Å². The highest BCUT2D eigenvalue weighted by molar-refractivity contribution is 6.31. The third-order valence-electron chi connectivity index (χ3n) is 4.26. The molecule has 132 valence electrons. The number of nitrogens with zero attached hydrogens (tertiary/aromatic N) is 3. The average Bonchev–Trinajstić information content (AvgIpc) is 2.64. The van der Waals surface area contributed by atoms with Gasteiger partial charge in [-0.1, -0.05) is 29.8 Å². The highest BCUT2D eigenvalue weighted by atomic mass is 35.5. The number of benzene rings is 2. The standard InChI is InChI=1S/C20H24ClN3O/c1-2-25-19-9-7-17(8-10-19)15-22-24-13-11-23(12-14-24)16-18-5-3-4-6-20(18)21/h3-10,15H,2,11-14,16H2,1H3. The number of halogens is 1. The molecule has 3 rings (SSSR count). The van der Waals surface area contributed by atoms with Crippen LogP contribution >= 0.6 is 11.6 Å². The molecule has 0 spiro atoms. The van der Waals surface area contributed by atoms with Gasteiger partial charge in [0.1, 0.15) is 5.75 Å². The lowest BCUT2D eigenvalue weighted by atomic mass is 10.2. The maximum atomic E-state index is 6.25. The molecule has 4 nitrogen and oxygen atoms in total. The second-order valence-corrected chi connectivity index (χ2v) is 6.48. The molecular formula is C20H24ClN3O. The van der Waals surface area contributed by atoms with E-state index in [1.54, 1.807) is 0 Å². The van der Waals surface area contributed by atoms with E-state index >= 15 is 0 Å². The summed E-state index contributed by atoms with van der Waals surface area (Å²) < 4.78 is 5.45. The summed E-state index contributed by atoms with van der Waals surface area (Å²) in [6, 6.07) is 16.1. The quantitative estimate of drug-likeness (QED) is 0.734. The molecule has 1 aliphatic heterocycles. The Bertz CT molecular complexity index is 694. The SMILES string of the molecule is CCOc1ccc(C=NN2CCN(Cc3ccccc3Cl)CC2)cc1. The predicted molar refractivity (Wildman–Crippen MR) is 104 cm³/mol. The minimum Gasteiger partial charge on any atom is -0.494 e. The molecule has 25 heavy (non-hydrogen) atoms. The first-order valence-electron chi connectivity index (χ1n) is 8.72. The van der Waals surface area contributed by atoms with Gasteiger partial charge in [-0.2, -0.15) is 5.10 Å². The molecule has 0 radical (unpaired) electrons. The van der Waals surface area contributed by atoms with E-state index in [1.165, 1.54) is 5.56 Å². The molecular weight excluding hydrogens is 334 g/mol. The Morgan fingerprint density at radius 2 is 1.76 bits per heavy atom. The van der Waals surface area contributed by atoms with Crippen LogP contribution in [0, 0.1) is 0 Å². The maximum absolute atomic E-state index is 6.25. The molecule has 0 aliphatic carbocycles. The molecule has 0 atom stereocenters. The van der Waals surface area contributed by atoms with Crippen LogP contribution < -0.4 is 4.74 Å². The number of piperazine rings is 1. The fourth-order valence-corrected chi connectivity index (χ4v) is 3.04. The fraction of sp³-hybridized carbons (Fsp3) is 0.350. The van der Waals surface area contributed by atoms with Crippen LogP contribution in [0.25, 0.3) is 0 Å². The van der Waals surface area contributed by atoms with E-state index in [1.807, 2.05) is 55.6 Å². The van der Waals surface area contributed by atoms with Crippen LogP contribution in [0.15, 0.2) is 53.6 Å². The van der Waals surface area contributed by atoms with Gasteiger partial charge >= 0.3 is 0 Å². The van der Waals surface area contributed by atoms with E-state index in [0.29, 0.717) is 6.61 Å². The van der Waals surface area contributed by atoms with Crippen molar-refractivity contribution in [1.82, 2.24) is 9.91 Å². The Morgan fingerprint density at radius 1 is 1.04 bits per heavy atom. The van der Waals surface area contributed by atoms with E-state index in [9.17, 15) is 0 Å². The van der Waals surface area contributed by atoms with E-state index < -0.39 is 0 Å². The summed E-state index contributed by atoms with van der Waals surface area (Å²) in [5, 5.41) is 7.57. The minimum atomic E-state index is 0.686. The van der Waals surface area contributed by atoms with Crippen LogP contribution in [-0.4, -0.2) is 48.9 Å². The number of ether oxygens (including phenoxy) is 1. The molecule has 0 saturated carbocycles. The molecule has 1 aliphatic rings. The second kappa shape index (κ2) is 8.88. The Kier molecular flexibility index (Phi) is 6.31. The van der Waals surface area contributed by atoms with Crippen molar-refractivity contribution in [2.45, 2.75) is 13.5 Å². The third kappa shape index (κ3) is 5.21. The van der Waals surface area contributed by atoms with Gasteiger partial charge in [-0.15, -0.1) is 0 Å². The van der Waals surface area contributed by atoms with Crippen molar-refractivity contribution in [2.75, 3.05) is 32.8 Å². The topological polar surface area (TPSA) is 28.1 Å². The third-order valence-corrected chi connectivity index (χ3v) is 4.63. The molecule has 0 bridgehead atoms. The van der Waals surface area contributed by atoms with Crippen LogP contribution in [0.4, 0.5) is 0 Å². The summed E-state index contributed by atoms with van der Waals surface area (Å²) in [4.78, 5) is 2.42. The highest BCUT2D eigenvalue weighted by Gasteiger charge is 2.16. The Hall–Kier alpha value is -2.04. The predicted octanol–water partition coefficient (Wildman–Crippen LogP) is 3.89. The first-order valence-corrected chi connectivity index (χ1v) is 9.10. The van der Waals surface area contributed by atoms with Gasteiger partial charge in [-0.05, 0) is 48.4 Å². The molecule has 1 fully saturated rings. The molecule has 0 aromatic heterocycles. The lowest BCUT2D eigenvalue weighted by Gasteiger charge is -2.33. The minimum absolute atomic E-state index is 0.686. The van der Waals surface area contributed by atoms with Crippen molar-refractivity contribution in [1.29, 1.82) is 0 Å². The lowest BCUT2D eigenvalue weighted by Crippen LogP contribution is -2.43. The van der Waals surface area contributed by atoms with Crippen molar-refractivity contribution >= 4 is 17.8 Å². The average molecular weight is 358 g/mol. The van der Waals surface area contributed by atoms with Crippen LogP contribution in [0.1, 0.15) is 18.1 Å². The van der Waals surface area contributed by atoms with Gasteiger partial charge in [0.25, 0.3) is 0 Å². The summed E-state index contributed by atoms with van der Waals surface area (Å²) in [6.45, 7) is 7.41. The van der Waals surface area contributed by atoms with Gasteiger partial charge in [-0.25, -0.2) is 0 Å². The van der Waals surface area contributed by atoms with Gasteiger partial charge in [0, 0.05) is 37.7 Å². The number of hydrogen-bond acceptors (Lipinski definition) is 4. The van der Waals surface area contributed by atoms with Gasteiger partial charge in [0.05, 0.1) is 12.8 Å². The molecule has 1 saturated heterocycles. The van der Waals surface area contributed by atoms with Crippen LogP contribution in [-0.2, 0) is 6.54 Å². The molecule has 5 heteroatoms. The van der Waals surface area contributed by atoms with Crippen molar-refractivity contribution in [3.63, 3.8) is 0 Å². The number of rotatable bonds is 6. The Labute approximate surface area is 154 Å². The molecule has 0 N–H and O–H groups in total. The summed E-state index contributed by atoms with van der Waals surface area (Å²) in [5.41, 5.74) is 2.28. The number of hydrogen-bond donors (Lipinski definition) is 0. The smallest absolute Gasteiger partial charge is 0.119 e. The van der Waals surface area contributed by atoms with Crippen LogP contribution in [0.5, 0.6) is 5.75 Å². The normalized spacial score (nSPS) is 15.7. The van der Waals surface area contributed by atoms with E-state index in [0.717, 1.165) is 49.1 Å². The first kappa shape index (κ1) is 17.8. The van der Waals surface area contributed by atoms with Crippen molar-refractivity contribution < 1.29 is 4.74 Å². The molecule has 0 amide bonds. The van der Waals surface area contributed by atoms with E-state index in [4.69, 9.17) is 16.3 Å². The van der Waals surface area contributed by atoms with Gasteiger partial charge < -0.3 is 4.74 Å². The summed E-state index contributed by atoms with van der Waals surface area (Å²) >= 11 is 6.25. The molecule has 1 heterocycles. The highest BCUT2D eigenvalue weighted by Crippen LogP contribution is 2.18. The zero-order valence-electron chi connectivity index (χ0n) is 14.6. The molecule has 0 unspecified atom stereocenters. The zero-order chi connectivity index (χ0) is 17.5. The maximum Gasteiger partial charge on any atom is 0.119 e. The molecule has 2 aromatic carbocycles. The van der Waals surface area contributed by atoms with Crippen molar-refractivity contribution in [3.05, 3.63) is 64.7 Å². The summed E-state index contributed by atoms with van der Waals surface area (Å²) in [7, 11) is 0. The number of hydrazone groups is 1. The second-order valence-electron chi connectivity index (χ2n) is 6.07. The van der Waals surface area contributed by atoms with E-state index in [2.05, 4.69) is 21.1 Å². The summed E-state index contributed by atoms with van der Waals surface area (Å²) in [5.74, 6) is 0.896. The van der Waals surface area contributed by atoms with Crippen LogP contribution in [0.3, 0.4) is 0 Å². The van der Waals surface area contributed by atoms with E-state index in [-0.39, 0.29) is 0 Å². The van der Waals surface area contributed by atoms with Gasteiger partial charge in [0.15, 0.2) is 0 Å². The summed E-state index contributed by atoms with van der Waals surface area (Å²) in [6.07, 6.45) is 1.92. The monoisotopic (exact) mass is 357 g/mol. The Morgan fingerprint density at radius 3 is 2.44 bits per heavy atom. The zero-order valence-corrected chi connectivity index (χ0v) is 15.3. The van der Waals surface area contributed by atoms with Crippen LogP contribution in [0.2, 0.25) is 5.02 Å². The largest absolute Gasteiger partial charge is 0.494 e. The lowest BCUT2D eigenvalue weighted by molar-refractivity contribution is 0.131.